The van der Waals surface area contributed by atoms with E-state index >= 15 is 0 Å². The molecular weight excluding hydrogens is 268 g/mol. The molecule has 0 saturated carbocycles. The average molecular weight is 304 g/mol. The molecule has 0 heterocycles. The number of quaternary nitrogens is 1. The van der Waals surface area contributed by atoms with E-state index in [-0.39, 0.29) is 0 Å². The molecule has 5 nitrogen and oxygen atoms in total. The highest BCUT2D eigenvalue weighted by molar-refractivity contribution is 4.43. The average Bonchev–Trinajstić information content (AvgIpc) is 2.43. The quantitative estimate of drug-likeness (QED) is 0.299. The normalized spacial score (nSPS) is 10.0. The molecule has 21 heavy (non-hydrogen) atoms. The van der Waals surface area contributed by atoms with Crippen molar-refractivity contribution in [2.75, 3.05) is 13.1 Å². The fourth-order valence-corrected chi connectivity index (χ4v) is 2.28. The van der Waals surface area contributed by atoms with Crippen LogP contribution in [-0.4, -0.2) is 18.2 Å². The van der Waals surface area contributed by atoms with Crippen LogP contribution in [0.5, 0.6) is 0 Å². The van der Waals surface area contributed by atoms with Crippen molar-refractivity contribution < 1.29 is 10.4 Å². The molecule has 0 fully saturated rings. The van der Waals surface area contributed by atoms with Gasteiger partial charge in [-0.15, -0.1) is 0 Å². The van der Waals surface area contributed by atoms with Crippen molar-refractivity contribution in [1.82, 2.24) is 0 Å². The van der Waals surface area contributed by atoms with E-state index in [1.165, 1.54) is 90.1 Å². The molecule has 0 rings (SSSR count). The fourth-order valence-electron chi connectivity index (χ4n) is 2.28. The summed E-state index contributed by atoms with van der Waals surface area (Å²) in [6.07, 6.45) is 17.2. The Hall–Kier alpha value is -0.840. The topological polar surface area (TPSA) is 82.8 Å². The number of hydrogen-bond donors (Lipinski definition) is 1. The van der Waals surface area contributed by atoms with Crippen LogP contribution in [0.15, 0.2) is 0 Å². The van der Waals surface area contributed by atoms with Gasteiger partial charge in [0.25, 0.3) is 0 Å². The minimum atomic E-state index is -1.75. The Kier molecular flexibility index (Phi) is 22.9. The van der Waals surface area contributed by atoms with Crippen molar-refractivity contribution in [3.05, 3.63) is 15.3 Å². The molecular formula is C16H36N2O3. The first-order chi connectivity index (χ1) is 10.1. The van der Waals surface area contributed by atoms with Crippen LogP contribution in [0, 0.1) is 15.3 Å². The molecule has 0 unspecified atom stereocenters. The van der Waals surface area contributed by atoms with Crippen molar-refractivity contribution >= 4 is 0 Å². The first kappa shape index (κ1) is 22.4. The molecule has 0 aromatic carbocycles. The molecule has 5 heteroatoms. The summed E-state index contributed by atoms with van der Waals surface area (Å²) in [6.45, 7) is 7.30. The number of nitrogens with zero attached hydrogens (tertiary/aromatic N) is 1. The van der Waals surface area contributed by atoms with Gasteiger partial charge in [0.2, 0.25) is 0 Å². The van der Waals surface area contributed by atoms with E-state index < -0.39 is 5.09 Å². The summed E-state index contributed by atoms with van der Waals surface area (Å²) in [5, 5.41) is 17.3. The molecule has 128 valence electrons. The van der Waals surface area contributed by atoms with Crippen LogP contribution in [0.2, 0.25) is 0 Å². The lowest BCUT2D eigenvalue weighted by atomic mass is 10.1. The Labute approximate surface area is 130 Å². The zero-order chi connectivity index (χ0) is 16.2. The fraction of sp³-hybridized carbons (Fsp3) is 1.00. The zero-order valence-corrected chi connectivity index (χ0v) is 14.1. The van der Waals surface area contributed by atoms with E-state index in [2.05, 4.69) is 19.2 Å². The second-order valence-electron chi connectivity index (χ2n) is 5.63. The second kappa shape index (κ2) is 21.5. The summed E-state index contributed by atoms with van der Waals surface area (Å²) in [6, 6.07) is 0. The van der Waals surface area contributed by atoms with Crippen LogP contribution in [0.25, 0.3) is 0 Å². The van der Waals surface area contributed by atoms with E-state index in [1.54, 1.807) is 0 Å². The van der Waals surface area contributed by atoms with Crippen LogP contribution in [0.3, 0.4) is 0 Å². The predicted molar refractivity (Wildman–Crippen MR) is 88.8 cm³/mol. The van der Waals surface area contributed by atoms with Crippen molar-refractivity contribution in [2.45, 2.75) is 90.9 Å². The third-order valence-corrected chi connectivity index (χ3v) is 3.52. The summed E-state index contributed by atoms with van der Waals surface area (Å²) in [7, 11) is 0. The SMILES string of the molecule is CCCCCCCC[NH2+]CCCCCCCC.O=[N+]([O-])[O-]. The van der Waals surface area contributed by atoms with Gasteiger partial charge in [-0.2, -0.15) is 0 Å². The number of unbranched alkanes of at least 4 members (excludes halogenated alkanes) is 10. The van der Waals surface area contributed by atoms with Gasteiger partial charge in [0.05, 0.1) is 18.2 Å². The second-order valence-corrected chi connectivity index (χ2v) is 5.63. The summed E-state index contributed by atoms with van der Waals surface area (Å²) < 4.78 is 0. The Morgan fingerprint density at radius 1 is 0.667 bits per heavy atom. The van der Waals surface area contributed by atoms with Crippen LogP contribution in [0.1, 0.15) is 90.9 Å². The highest BCUT2D eigenvalue weighted by Gasteiger charge is 1.94. The monoisotopic (exact) mass is 304 g/mol. The van der Waals surface area contributed by atoms with Crippen LogP contribution in [0.4, 0.5) is 0 Å². The predicted octanol–water partition coefficient (Wildman–Crippen LogP) is 4.03. The lowest BCUT2D eigenvalue weighted by molar-refractivity contribution is -0.655. The number of nitrogens with two attached hydrogens (primary N) is 1. The van der Waals surface area contributed by atoms with Gasteiger partial charge in [0.15, 0.2) is 0 Å². The van der Waals surface area contributed by atoms with Gasteiger partial charge in [-0.1, -0.05) is 65.2 Å². The molecule has 2 N–H and O–H groups in total. The maximum atomic E-state index is 8.25. The third-order valence-electron chi connectivity index (χ3n) is 3.52. The van der Waals surface area contributed by atoms with Gasteiger partial charge in [-0.05, 0) is 25.7 Å². The lowest BCUT2D eigenvalue weighted by Gasteiger charge is -2.02. The van der Waals surface area contributed by atoms with Crippen molar-refractivity contribution in [2.24, 2.45) is 0 Å². The third kappa shape index (κ3) is 32.6. The van der Waals surface area contributed by atoms with E-state index in [9.17, 15) is 0 Å². The van der Waals surface area contributed by atoms with Crippen LogP contribution < -0.4 is 5.32 Å². The molecule has 0 radical (unpaired) electrons. The molecule has 0 atom stereocenters. The van der Waals surface area contributed by atoms with Gasteiger partial charge < -0.3 is 20.6 Å². The Bertz CT molecular complexity index is 184. The first-order valence-corrected chi connectivity index (χ1v) is 8.78. The molecule has 0 aliphatic rings. The van der Waals surface area contributed by atoms with Gasteiger partial charge in [-0.25, -0.2) is 0 Å². The van der Waals surface area contributed by atoms with Gasteiger partial charge >= 0.3 is 0 Å². The molecule has 0 aliphatic carbocycles. The van der Waals surface area contributed by atoms with E-state index in [4.69, 9.17) is 15.3 Å². The minimum absolute atomic E-state index is 1.36. The molecule has 0 aromatic heterocycles. The summed E-state index contributed by atoms with van der Waals surface area (Å²) in [5.41, 5.74) is 0. The molecule has 0 amide bonds. The lowest BCUT2D eigenvalue weighted by Crippen LogP contribution is -2.84. The molecule has 0 bridgehead atoms. The first-order valence-electron chi connectivity index (χ1n) is 8.78. The van der Waals surface area contributed by atoms with Gasteiger partial charge in [-0.3, -0.25) is 0 Å². The van der Waals surface area contributed by atoms with E-state index in [1.807, 2.05) is 0 Å². The largest absolute Gasteiger partial charge is 0.356 e. The van der Waals surface area contributed by atoms with E-state index in [0.717, 1.165) is 0 Å². The summed E-state index contributed by atoms with van der Waals surface area (Å²) >= 11 is 0. The minimum Gasteiger partial charge on any atom is -0.356 e. The molecule has 0 saturated heterocycles. The highest BCUT2D eigenvalue weighted by atomic mass is 16.9. The number of rotatable bonds is 14. The maximum absolute atomic E-state index is 8.25. The van der Waals surface area contributed by atoms with Crippen LogP contribution in [-0.2, 0) is 0 Å². The smallest absolute Gasteiger partial charge is 0.0755 e. The van der Waals surface area contributed by atoms with Crippen molar-refractivity contribution in [3.63, 3.8) is 0 Å². The van der Waals surface area contributed by atoms with Crippen LogP contribution >= 0.6 is 0 Å². The van der Waals surface area contributed by atoms with Crippen molar-refractivity contribution in [3.8, 4) is 0 Å². The molecule has 0 spiro atoms. The Morgan fingerprint density at radius 2 is 0.952 bits per heavy atom. The standard InChI is InChI=1S/C16H35N.NO3/c1-3-5-7-9-11-13-15-17-16-14-12-10-8-6-4-2;2-1(3)4/h17H,3-16H2,1-2H3;/q;-1/p+1. The molecule has 0 aliphatic heterocycles. The van der Waals surface area contributed by atoms with Gasteiger partial charge in [0, 0.05) is 0 Å². The maximum Gasteiger partial charge on any atom is 0.0755 e. The summed E-state index contributed by atoms with van der Waals surface area (Å²) in [4.78, 5) is 8.25. The summed E-state index contributed by atoms with van der Waals surface area (Å²) in [5.74, 6) is 0. The Balaban J connectivity index is 0. The zero-order valence-electron chi connectivity index (χ0n) is 14.1. The van der Waals surface area contributed by atoms with E-state index in [0.29, 0.717) is 0 Å². The Morgan fingerprint density at radius 3 is 1.29 bits per heavy atom. The number of hydrogen-bond acceptors (Lipinski definition) is 3. The van der Waals surface area contributed by atoms with Crippen molar-refractivity contribution in [1.29, 1.82) is 0 Å². The highest BCUT2D eigenvalue weighted by Crippen LogP contribution is 2.04. The molecule has 0 aromatic rings. The van der Waals surface area contributed by atoms with Gasteiger partial charge in [0.1, 0.15) is 0 Å².